The van der Waals surface area contributed by atoms with Gasteiger partial charge in [-0.2, -0.15) is 11.8 Å². The topological polar surface area (TPSA) is 110 Å². The summed E-state index contributed by atoms with van der Waals surface area (Å²) in [6.45, 7) is 24.8. The third-order valence-electron chi connectivity index (χ3n) is 10.1. The number of thioether (sulfide) groups is 1. The number of nitrogens with zero attached hydrogens (tertiary/aromatic N) is 4. The quantitative estimate of drug-likeness (QED) is 0.165. The Morgan fingerprint density at radius 2 is 1.54 bits per heavy atom. The van der Waals surface area contributed by atoms with Gasteiger partial charge in [0.15, 0.2) is 22.9 Å². The molecule has 4 atom stereocenters. The van der Waals surface area contributed by atoms with Gasteiger partial charge in [-0.1, -0.05) is 77.0 Å². The smallest absolute Gasteiger partial charge is 0.192 e. The van der Waals surface area contributed by atoms with Gasteiger partial charge in [0.25, 0.3) is 0 Å². The Morgan fingerprint density at radius 1 is 0.913 bits per heavy atom. The molecule has 0 bridgehead atoms. The van der Waals surface area contributed by atoms with Crippen LogP contribution in [0.25, 0.3) is 22.3 Å². The van der Waals surface area contributed by atoms with Gasteiger partial charge in [-0.3, -0.25) is 0 Å². The second-order valence-corrected chi connectivity index (χ2v) is 26.0. The monoisotopic (exact) mass is 681 g/mol. The molecule has 0 amide bonds. The second kappa shape index (κ2) is 12.8. The summed E-state index contributed by atoms with van der Waals surface area (Å²) >= 11 is 1.81. The average molecular weight is 682 g/mol. The minimum absolute atomic E-state index is 0.00306. The molecule has 1 aliphatic heterocycles. The molecule has 1 fully saturated rings. The highest BCUT2D eigenvalue weighted by molar-refractivity contribution is 7.98. The Kier molecular flexibility index (Phi) is 9.73. The van der Waals surface area contributed by atoms with Crippen molar-refractivity contribution in [3.05, 3.63) is 60.2 Å². The molecule has 3 aromatic heterocycles. The molecule has 5 rings (SSSR count). The van der Waals surface area contributed by atoms with Gasteiger partial charge in [-0.15, -0.1) is 0 Å². The fourth-order valence-electron chi connectivity index (χ4n) is 5.22. The minimum atomic E-state index is -2.27. The summed E-state index contributed by atoms with van der Waals surface area (Å²) in [6, 6.07) is 12.2. The number of ether oxygens (including phenoxy) is 1. The van der Waals surface area contributed by atoms with Crippen LogP contribution in [0.4, 0.5) is 5.82 Å². The van der Waals surface area contributed by atoms with Crippen LogP contribution in [0.3, 0.4) is 0 Å². The maximum atomic E-state index is 7.31. The number of anilines is 1. The van der Waals surface area contributed by atoms with Gasteiger partial charge >= 0.3 is 0 Å². The van der Waals surface area contributed by atoms with Gasteiger partial charge in [-0.25, -0.2) is 9.97 Å². The van der Waals surface area contributed by atoms with Crippen LogP contribution in [-0.4, -0.2) is 60.4 Å². The van der Waals surface area contributed by atoms with Crippen molar-refractivity contribution in [3.63, 3.8) is 0 Å². The third-order valence-corrected chi connectivity index (χ3v) is 20.1. The highest BCUT2D eigenvalue weighted by Crippen LogP contribution is 2.47. The zero-order valence-corrected chi connectivity index (χ0v) is 32.1. The lowest BCUT2D eigenvalue weighted by atomic mass is 10.1. The van der Waals surface area contributed by atoms with Crippen LogP contribution in [0.15, 0.2) is 53.4 Å². The fraction of sp³-hybridized carbons (Fsp3) is 0.559. The van der Waals surface area contributed by atoms with E-state index in [-0.39, 0.29) is 28.4 Å². The summed E-state index contributed by atoms with van der Waals surface area (Å²) in [6.07, 6.45) is 2.21. The number of rotatable bonds is 10. The Morgan fingerprint density at radius 3 is 2.17 bits per heavy atom. The van der Waals surface area contributed by atoms with Crippen LogP contribution in [0.5, 0.6) is 0 Å². The van der Waals surface area contributed by atoms with E-state index in [1.807, 2.05) is 49.1 Å². The van der Waals surface area contributed by atoms with Gasteiger partial charge in [0.05, 0.1) is 11.5 Å². The molecule has 4 heterocycles. The summed E-state index contributed by atoms with van der Waals surface area (Å²) in [5.41, 5.74) is 10.0. The molecular weight excluding hydrogens is 631 g/mol. The number of fused-ring (bicyclic) bond motifs is 1. The summed E-state index contributed by atoms with van der Waals surface area (Å²) in [7, 11) is -4.51. The molecule has 4 aromatic rings. The Balaban J connectivity index is 1.52. The predicted molar refractivity (Wildman–Crippen MR) is 193 cm³/mol. The predicted octanol–water partition coefficient (Wildman–Crippen LogP) is 8.59. The molecule has 9 nitrogen and oxygen atoms in total. The molecule has 0 radical (unpaired) electrons. The number of aryl methyl sites for hydroxylation is 1. The number of nitrogen functional groups attached to an aromatic ring is 1. The molecule has 0 unspecified atom stereocenters. The summed E-state index contributed by atoms with van der Waals surface area (Å²) in [4.78, 5) is 8.84. The summed E-state index contributed by atoms with van der Waals surface area (Å²) in [5.74, 6) is 2.73. The lowest BCUT2D eigenvalue weighted by molar-refractivity contribution is -0.0244. The number of benzene rings is 1. The van der Waals surface area contributed by atoms with Crippen LogP contribution >= 0.6 is 11.8 Å². The molecule has 0 aliphatic carbocycles. The fourth-order valence-corrected chi connectivity index (χ4v) is 8.99. The van der Waals surface area contributed by atoms with E-state index in [0.717, 1.165) is 39.4 Å². The SMILES string of the molecule is Cc1onc(-c2ccccc2)c1CSC[C@H]1O[C@@H](n2ccc3c(N)ncnc32)[C@H](O[Si](C)(C)C(C)(C)C)[C@@H]1O[Si](C)(C)C(C)(C)C. The molecule has 250 valence electrons. The first-order chi connectivity index (χ1) is 21.4. The van der Waals surface area contributed by atoms with Crippen molar-refractivity contribution in [2.45, 2.75) is 115 Å². The Bertz CT molecular complexity index is 1640. The number of nitrogens with two attached hydrogens (primary N) is 1. The van der Waals surface area contributed by atoms with Crippen LogP contribution in [0.1, 0.15) is 59.1 Å². The molecule has 1 aromatic carbocycles. The van der Waals surface area contributed by atoms with Gasteiger partial charge in [0, 0.05) is 28.8 Å². The van der Waals surface area contributed by atoms with Crippen LogP contribution < -0.4 is 5.73 Å². The van der Waals surface area contributed by atoms with E-state index in [4.69, 9.17) is 23.8 Å². The van der Waals surface area contributed by atoms with Crippen molar-refractivity contribution in [1.29, 1.82) is 0 Å². The Hall–Kier alpha value is -2.49. The largest absolute Gasteiger partial charge is 0.408 e. The van der Waals surface area contributed by atoms with E-state index in [9.17, 15) is 0 Å². The van der Waals surface area contributed by atoms with Crippen LogP contribution in [0.2, 0.25) is 36.3 Å². The first-order valence-corrected chi connectivity index (χ1v) is 23.0. The van der Waals surface area contributed by atoms with Crippen molar-refractivity contribution in [3.8, 4) is 11.3 Å². The van der Waals surface area contributed by atoms with Crippen LogP contribution in [0, 0.1) is 6.92 Å². The highest BCUT2D eigenvalue weighted by Gasteiger charge is 2.54. The van der Waals surface area contributed by atoms with Gasteiger partial charge in [-0.05, 0) is 49.3 Å². The van der Waals surface area contributed by atoms with E-state index < -0.39 is 22.9 Å². The second-order valence-electron chi connectivity index (χ2n) is 15.4. The average Bonchev–Trinajstić information content (AvgIpc) is 3.64. The minimum Gasteiger partial charge on any atom is -0.408 e. The van der Waals surface area contributed by atoms with Gasteiger partial charge < -0.3 is 28.4 Å². The first-order valence-electron chi connectivity index (χ1n) is 16.1. The zero-order chi connectivity index (χ0) is 33.7. The van der Waals surface area contributed by atoms with Crippen molar-refractivity contribution in [2.24, 2.45) is 0 Å². The number of aromatic nitrogens is 4. The number of hydrogen-bond donors (Lipinski definition) is 1. The van der Waals surface area contributed by atoms with Crippen molar-refractivity contribution in [1.82, 2.24) is 19.7 Å². The lowest BCUT2D eigenvalue weighted by Crippen LogP contribution is -2.53. The first kappa shape index (κ1) is 34.8. The summed E-state index contributed by atoms with van der Waals surface area (Å²) < 4.78 is 29.4. The Labute approximate surface area is 280 Å². The highest BCUT2D eigenvalue weighted by atomic mass is 32.2. The molecule has 12 heteroatoms. The normalized spacial score (nSPS) is 21.4. The molecular formula is C34H51N5O4SSi2. The van der Waals surface area contributed by atoms with Crippen molar-refractivity contribution < 1.29 is 18.1 Å². The standard InChI is InChI=1S/C34H51N5O4SSi2/c1-22-25(27(38-41-22)23-15-13-12-14-16-23)19-44-20-26-28(42-45(8,9)33(2,3)4)29(43-46(10,11)34(5,6)7)32(40-26)39-18-17-24-30(35)36-21-37-31(24)39/h12-18,21,26,28-29,32H,19-20H2,1-11H3,(H2,35,36,37)/t26-,28-,29-,32-/m1/s1. The molecule has 1 saturated heterocycles. The zero-order valence-electron chi connectivity index (χ0n) is 29.2. The molecule has 2 N–H and O–H groups in total. The van der Waals surface area contributed by atoms with E-state index in [1.54, 1.807) is 0 Å². The van der Waals surface area contributed by atoms with Crippen molar-refractivity contribution in [2.75, 3.05) is 11.5 Å². The van der Waals surface area contributed by atoms with Crippen molar-refractivity contribution >= 4 is 45.2 Å². The van der Waals surface area contributed by atoms with E-state index in [1.165, 1.54) is 6.33 Å². The van der Waals surface area contributed by atoms with Gasteiger partial charge in [0.1, 0.15) is 41.5 Å². The van der Waals surface area contributed by atoms with E-state index in [2.05, 4.69) is 99.6 Å². The maximum Gasteiger partial charge on any atom is 0.192 e. The van der Waals surface area contributed by atoms with Crippen LogP contribution in [-0.2, 0) is 19.3 Å². The molecule has 1 aliphatic rings. The molecule has 0 spiro atoms. The molecule has 0 saturated carbocycles. The third kappa shape index (κ3) is 6.88. The molecule has 46 heavy (non-hydrogen) atoms. The van der Waals surface area contributed by atoms with E-state index in [0.29, 0.717) is 11.6 Å². The maximum absolute atomic E-state index is 7.31. The number of hydrogen-bond acceptors (Lipinski definition) is 9. The van der Waals surface area contributed by atoms with E-state index >= 15 is 0 Å². The lowest BCUT2D eigenvalue weighted by Gasteiger charge is -2.44. The summed E-state index contributed by atoms with van der Waals surface area (Å²) in [5, 5.41) is 5.21. The van der Waals surface area contributed by atoms with Gasteiger partial charge in [0.2, 0.25) is 0 Å².